The average molecular weight is 390 g/mol. The highest BCUT2D eigenvalue weighted by atomic mass is 19.1. The molecule has 0 atom stereocenters. The third-order valence-electron chi connectivity index (χ3n) is 4.90. The molecule has 29 heavy (non-hydrogen) atoms. The normalized spacial score (nSPS) is 13.5. The number of hydrogen-bond acceptors (Lipinski definition) is 6. The van der Waals surface area contributed by atoms with Crippen molar-refractivity contribution in [2.75, 3.05) is 11.4 Å². The van der Waals surface area contributed by atoms with Gasteiger partial charge in [-0.2, -0.15) is 9.97 Å². The smallest absolute Gasteiger partial charge is 0.392 e. The number of hydrogen-bond donors (Lipinski definition) is 1. The SMILES string of the molecule is O=C(O)c1nc2nc(-c3ccc(F)cc3)c(N3CCCc4ccccc43)nc2o1. The molecule has 0 radical (unpaired) electrons. The maximum Gasteiger partial charge on any atom is 0.392 e. The number of carbonyl (C=O) groups is 1. The molecule has 3 heterocycles. The lowest BCUT2D eigenvalue weighted by Gasteiger charge is -2.31. The van der Waals surface area contributed by atoms with Gasteiger partial charge in [0.2, 0.25) is 5.65 Å². The standard InChI is InChI=1S/C21H15FN4O3/c22-14-9-7-13(8-10-14)16-18(25-19-17(23-16)24-20(29-19)21(27)28)26-11-3-5-12-4-1-2-6-15(12)26/h1-2,4,6-10H,3,5,11H2,(H,27,28). The number of carboxylic acids is 1. The number of para-hydroxylation sites is 1. The van der Waals surface area contributed by atoms with Crippen LogP contribution in [0.25, 0.3) is 22.6 Å². The summed E-state index contributed by atoms with van der Waals surface area (Å²) in [6.45, 7) is 0.714. The van der Waals surface area contributed by atoms with E-state index in [1.54, 1.807) is 12.1 Å². The lowest BCUT2D eigenvalue weighted by atomic mass is 10.0. The summed E-state index contributed by atoms with van der Waals surface area (Å²) in [6, 6.07) is 14.0. The van der Waals surface area contributed by atoms with Gasteiger partial charge < -0.3 is 14.4 Å². The monoisotopic (exact) mass is 390 g/mol. The van der Waals surface area contributed by atoms with Crippen LogP contribution in [0.1, 0.15) is 22.7 Å². The van der Waals surface area contributed by atoms with E-state index in [0.29, 0.717) is 23.6 Å². The first-order chi connectivity index (χ1) is 14.1. The fourth-order valence-electron chi connectivity index (χ4n) is 3.59. The molecule has 7 nitrogen and oxygen atoms in total. The molecule has 0 fully saturated rings. The minimum absolute atomic E-state index is 0.0475. The fourth-order valence-corrected chi connectivity index (χ4v) is 3.59. The first-order valence-corrected chi connectivity index (χ1v) is 9.13. The van der Waals surface area contributed by atoms with Gasteiger partial charge in [0, 0.05) is 17.8 Å². The van der Waals surface area contributed by atoms with Gasteiger partial charge in [-0.25, -0.2) is 14.2 Å². The topological polar surface area (TPSA) is 92.3 Å². The van der Waals surface area contributed by atoms with Gasteiger partial charge in [-0.1, -0.05) is 18.2 Å². The van der Waals surface area contributed by atoms with E-state index < -0.39 is 11.9 Å². The molecule has 1 aliphatic heterocycles. The zero-order chi connectivity index (χ0) is 20.0. The Balaban J connectivity index is 1.75. The summed E-state index contributed by atoms with van der Waals surface area (Å²) in [5.41, 5.74) is 3.48. The summed E-state index contributed by atoms with van der Waals surface area (Å²) in [4.78, 5) is 26.3. The van der Waals surface area contributed by atoms with E-state index in [-0.39, 0.29) is 17.2 Å². The van der Waals surface area contributed by atoms with Crippen molar-refractivity contribution in [3.05, 3.63) is 65.8 Å². The number of aromatic nitrogens is 3. The Morgan fingerprint density at radius 3 is 2.66 bits per heavy atom. The number of benzene rings is 2. The number of fused-ring (bicyclic) bond motifs is 2. The predicted octanol–water partition coefficient (Wildman–Crippen LogP) is 4.21. The van der Waals surface area contributed by atoms with E-state index in [1.807, 2.05) is 23.1 Å². The molecule has 0 amide bonds. The number of rotatable bonds is 3. The number of aryl methyl sites for hydroxylation is 1. The molecule has 8 heteroatoms. The second-order valence-electron chi connectivity index (χ2n) is 6.74. The molecule has 0 saturated carbocycles. The van der Waals surface area contributed by atoms with E-state index in [0.717, 1.165) is 18.5 Å². The quantitative estimate of drug-likeness (QED) is 0.560. The molecule has 144 valence electrons. The van der Waals surface area contributed by atoms with Gasteiger partial charge in [0.05, 0.1) is 0 Å². The van der Waals surface area contributed by atoms with E-state index in [1.165, 1.54) is 17.7 Å². The molecule has 5 rings (SSSR count). The van der Waals surface area contributed by atoms with Crippen molar-refractivity contribution in [2.45, 2.75) is 12.8 Å². The maximum atomic E-state index is 13.5. The van der Waals surface area contributed by atoms with Crippen LogP contribution in [-0.2, 0) is 6.42 Å². The summed E-state index contributed by atoms with van der Waals surface area (Å²) in [5, 5.41) is 9.19. The highest BCUT2D eigenvalue weighted by Gasteiger charge is 2.26. The van der Waals surface area contributed by atoms with E-state index in [4.69, 9.17) is 4.42 Å². The van der Waals surface area contributed by atoms with Gasteiger partial charge in [-0.05, 0) is 48.7 Å². The summed E-state index contributed by atoms with van der Waals surface area (Å²) >= 11 is 0. The second-order valence-corrected chi connectivity index (χ2v) is 6.74. The van der Waals surface area contributed by atoms with Gasteiger partial charge in [0.25, 0.3) is 5.71 Å². The van der Waals surface area contributed by atoms with Crippen molar-refractivity contribution in [1.29, 1.82) is 0 Å². The van der Waals surface area contributed by atoms with Gasteiger partial charge >= 0.3 is 11.9 Å². The van der Waals surface area contributed by atoms with Crippen LogP contribution in [0, 0.1) is 5.82 Å². The highest BCUT2D eigenvalue weighted by Crippen LogP contribution is 2.38. The fraction of sp³-hybridized carbons (Fsp3) is 0.143. The van der Waals surface area contributed by atoms with Crippen LogP contribution in [0.3, 0.4) is 0 Å². The van der Waals surface area contributed by atoms with Crippen molar-refractivity contribution < 1.29 is 18.7 Å². The summed E-state index contributed by atoms with van der Waals surface area (Å²) in [5.74, 6) is -1.61. The molecule has 0 spiro atoms. The zero-order valence-electron chi connectivity index (χ0n) is 15.2. The molecule has 0 bridgehead atoms. The molecule has 0 saturated heterocycles. The highest BCUT2D eigenvalue weighted by molar-refractivity contribution is 5.87. The zero-order valence-corrected chi connectivity index (χ0v) is 15.2. The molecule has 0 unspecified atom stereocenters. The molecule has 0 aliphatic carbocycles. The van der Waals surface area contributed by atoms with Gasteiger partial charge in [-0.3, -0.25) is 0 Å². The Labute approximate surface area is 164 Å². The van der Waals surface area contributed by atoms with Crippen LogP contribution < -0.4 is 4.90 Å². The summed E-state index contributed by atoms with van der Waals surface area (Å²) in [7, 11) is 0. The van der Waals surface area contributed by atoms with Crippen LogP contribution in [0.2, 0.25) is 0 Å². The van der Waals surface area contributed by atoms with Crippen LogP contribution in [0.15, 0.2) is 52.9 Å². The first kappa shape index (κ1) is 17.3. The van der Waals surface area contributed by atoms with Crippen LogP contribution in [-0.4, -0.2) is 32.6 Å². The van der Waals surface area contributed by atoms with Crippen molar-refractivity contribution in [3.8, 4) is 11.3 Å². The Bertz CT molecular complexity index is 1240. The van der Waals surface area contributed by atoms with Crippen LogP contribution >= 0.6 is 0 Å². The number of carboxylic acid groups (broad SMARTS) is 1. The predicted molar refractivity (Wildman–Crippen MR) is 104 cm³/mol. The van der Waals surface area contributed by atoms with Crippen molar-refractivity contribution in [2.24, 2.45) is 0 Å². The van der Waals surface area contributed by atoms with Crippen LogP contribution in [0.5, 0.6) is 0 Å². The third kappa shape index (κ3) is 2.98. The molecular formula is C21H15FN4O3. The number of oxazole rings is 1. The maximum absolute atomic E-state index is 13.5. The summed E-state index contributed by atoms with van der Waals surface area (Å²) in [6.07, 6.45) is 1.88. The largest absolute Gasteiger partial charge is 0.474 e. The Morgan fingerprint density at radius 1 is 1.07 bits per heavy atom. The van der Waals surface area contributed by atoms with Crippen molar-refractivity contribution >= 4 is 28.8 Å². The Hall–Kier alpha value is -3.81. The van der Waals surface area contributed by atoms with E-state index in [2.05, 4.69) is 21.0 Å². The van der Waals surface area contributed by atoms with E-state index in [9.17, 15) is 14.3 Å². The molecule has 2 aromatic carbocycles. The number of aromatic carboxylic acids is 1. The Kier molecular flexibility index (Phi) is 3.97. The number of halogens is 1. The lowest BCUT2D eigenvalue weighted by molar-refractivity contribution is 0.0656. The van der Waals surface area contributed by atoms with Crippen molar-refractivity contribution in [3.63, 3.8) is 0 Å². The minimum Gasteiger partial charge on any atom is -0.474 e. The third-order valence-corrected chi connectivity index (χ3v) is 4.90. The number of anilines is 2. The minimum atomic E-state index is -1.29. The molecular weight excluding hydrogens is 375 g/mol. The average Bonchev–Trinajstić information content (AvgIpc) is 3.16. The molecule has 4 aromatic rings. The van der Waals surface area contributed by atoms with E-state index >= 15 is 0 Å². The van der Waals surface area contributed by atoms with Gasteiger partial charge in [-0.15, -0.1) is 0 Å². The number of nitrogens with zero attached hydrogens (tertiary/aromatic N) is 4. The molecule has 1 aliphatic rings. The lowest BCUT2D eigenvalue weighted by Crippen LogP contribution is -2.26. The first-order valence-electron chi connectivity index (χ1n) is 9.13. The van der Waals surface area contributed by atoms with Crippen molar-refractivity contribution in [1.82, 2.24) is 15.0 Å². The van der Waals surface area contributed by atoms with Gasteiger partial charge in [0.1, 0.15) is 11.5 Å². The van der Waals surface area contributed by atoms with Gasteiger partial charge in [0.15, 0.2) is 5.82 Å². The second kappa shape index (κ2) is 6.66. The van der Waals surface area contributed by atoms with Crippen LogP contribution in [0.4, 0.5) is 15.9 Å². The Morgan fingerprint density at radius 2 is 1.86 bits per heavy atom. The summed E-state index contributed by atoms with van der Waals surface area (Å²) < 4.78 is 18.7. The molecule has 2 aromatic heterocycles. The molecule has 1 N–H and O–H groups in total.